The molecule has 0 spiro atoms. The van der Waals surface area contributed by atoms with Crippen molar-refractivity contribution in [3.63, 3.8) is 0 Å². The van der Waals surface area contributed by atoms with Crippen molar-refractivity contribution in [2.45, 2.75) is 50.6 Å². The van der Waals surface area contributed by atoms with Crippen LogP contribution in [0.25, 0.3) is 5.69 Å². The van der Waals surface area contributed by atoms with Crippen molar-refractivity contribution in [1.29, 1.82) is 0 Å². The van der Waals surface area contributed by atoms with Gasteiger partial charge in [0, 0.05) is 29.8 Å². The number of nitrogens with zero attached hydrogens (tertiary/aromatic N) is 3. The van der Waals surface area contributed by atoms with E-state index in [0.29, 0.717) is 11.3 Å². The van der Waals surface area contributed by atoms with E-state index in [4.69, 9.17) is 4.74 Å². The zero-order valence-electron chi connectivity index (χ0n) is 19.4. The number of non-ortho nitro benzene ring substituents is 1. The minimum Gasteiger partial charge on any atom is -0.437 e. The van der Waals surface area contributed by atoms with E-state index in [1.165, 1.54) is 10.7 Å². The summed E-state index contributed by atoms with van der Waals surface area (Å²) in [6, 6.07) is 11.9. The Labute approximate surface area is 202 Å². The largest absolute Gasteiger partial charge is 0.437 e. The highest BCUT2D eigenvalue weighted by molar-refractivity contribution is 7.89. The van der Waals surface area contributed by atoms with Crippen LogP contribution in [0.1, 0.15) is 42.7 Å². The summed E-state index contributed by atoms with van der Waals surface area (Å²) in [5.41, 5.74) is 0.717. The van der Waals surface area contributed by atoms with Gasteiger partial charge in [0.1, 0.15) is 10.6 Å². The molecule has 11 nitrogen and oxygen atoms in total. The lowest BCUT2D eigenvalue weighted by molar-refractivity contribution is -0.385. The molecule has 2 N–H and O–H groups in total. The SMILES string of the molecule is Cc1c(C(=O)NC2CC2)nn(-c2ccccc2)c1Oc1ccc([N+](=O)[O-])cc1S(=O)(=O)NC(C)C. The molecule has 0 unspecified atom stereocenters. The number of carbonyl (C=O) groups excluding carboxylic acids is 1. The van der Waals surface area contributed by atoms with Crippen molar-refractivity contribution in [1.82, 2.24) is 19.8 Å². The Balaban J connectivity index is 1.84. The van der Waals surface area contributed by atoms with Crippen LogP contribution in [-0.2, 0) is 10.0 Å². The van der Waals surface area contributed by atoms with Crippen LogP contribution in [-0.4, -0.2) is 41.1 Å². The topological polar surface area (TPSA) is 145 Å². The number of para-hydroxylation sites is 1. The van der Waals surface area contributed by atoms with Gasteiger partial charge < -0.3 is 10.1 Å². The van der Waals surface area contributed by atoms with Crippen LogP contribution in [0.2, 0.25) is 0 Å². The van der Waals surface area contributed by atoms with Gasteiger partial charge in [-0.05, 0) is 51.8 Å². The average molecular weight is 500 g/mol. The number of hydrogen-bond donors (Lipinski definition) is 2. The highest BCUT2D eigenvalue weighted by atomic mass is 32.2. The van der Waals surface area contributed by atoms with E-state index in [2.05, 4.69) is 15.1 Å². The Morgan fingerprint density at radius 2 is 1.89 bits per heavy atom. The maximum atomic E-state index is 13.0. The van der Waals surface area contributed by atoms with Gasteiger partial charge in [-0.1, -0.05) is 18.2 Å². The van der Waals surface area contributed by atoms with Gasteiger partial charge in [-0.3, -0.25) is 14.9 Å². The summed E-state index contributed by atoms with van der Waals surface area (Å²) in [7, 11) is -4.16. The fraction of sp³-hybridized carbons (Fsp3) is 0.304. The predicted molar refractivity (Wildman–Crippen MR) is 127 cm³/mol. The molecule has 1 fully saturated rings. The molecule has 0 atom stereocenters. The molecule has 3 aromatic rings. The molecule has 1 aliphatic carbocycles. The number of ether oxygens (including phenoxy) is 1. The van der Waals surface area contributed by atoms with Crippen molar-refractivity contribution in [3.05, 3.63) is 69.9 Å². The second-order valence-electron chi connectivity index (χ2n) is 8.54. The van der Waals surface area contributed by atoms with E-state index >= 15 is 0 Å². The highest BCUT2D eigenvalue weighted by Crippen LogP contribution is 2.36. The van der Waals surface area contributed by atoms with Gasteiger partial charge in [0.2, 0.25) is 15.9 Å². The van der Waals surface area contributed by atoms with Crippen molar-refractivity contribution in [3.8, 4) is 17.3 Å². The van der Waals surface area contributed by atoms with Crippen molar-refractivity contribution >= 4 is 21.6 Å². The molecule has 35 heavy (non-hydrogen) atoms. The molecular formula is C23H25N5O6S. The van der Waals surface area contributed by atoms with Crippen LogP contribution in [0, 0.1) is 17.0 Å². The number of carbonyl (C=O) groups is 1. The van der Waals surface area contributed by atoms with Crippen LogP contribution < -0.4 is 14.8 Å². The number of sulfonamides is 1. The lowest BCUT2D eigenvalue weighted by atomic mass is 10.2. The van der Waals surface area contributed by atoms with Crippen LogP contribution in [0.4, 0.5) is 5.69 Å². The number of hydrogen-bond acceptors (Lipinski definition) is 7. The minimum absolute atomic E-state index is 0.113. The monoisotopic (exact) mass is 499 g/mol. The first-order valence-corrected chi connectivity index (χ1v) is 12.5. The minimum atomic E-state index is -4.16. The lowest BCUT2D eigenvalue weighted by Crippen LogP contribution is -2.30. The van der Waals surface area contributed by atoms with Gasteiger partial charge >= 0.3 is 0 Å². The van der Waals surface area contributed by atoms with Crippen molar-refractivity contribution in [2.75, 3.05) is 0 Å². The molecule has 2 aromatic carbocycles. The molecule has 0 bridgehead atoms. The summed E-state index contributed by atoms with van der Waals surface area (Å²) in [5, 5.41) is 18.7. The number of nitrogens with one attached hydrogen (secondary N) is 2. The molecule has 184 valence electrons. The second kappa shape index (κ2) is 9.47. The van der Waals surface area contributed by atoms with Crippen LogP contribution >= 0.6 is 0 Å². The first kappa shape index (κ1) is 24.4. The normalized spacial score (nSPS) is 13.6. The quantitative estimate of drug-likeness (QED) is 0.339. The average Bonchev–Trinajstić information content (AvgIpc) is 3.55. The Kier molecular flexibility index (Phi) is 6.59. The van der Waals surface area contributed by atoms with E-state index in [-0.39, 0.29) is 29.3 Å². The second-order valence-corrected chi connectivity index (χ2v) is 10.2. The summed E-state index contributed by atoms with van der Waals surface area (Å²) >= 11 is 0. The molecule has 0 saturated heterocycles. The summed E-state index contributed by atoms with van der Waals surface area (Å²) in [5.74, 6) is -0.382. The maximum Gasteiger partial charge on any atom is 0.272 e. The molecule has 0 aliphatic heterocycles. The first-order valence-electron chi connectivity index (χ1n) is 11.0. The fourth-order valence-corrected chi connectivity index (χ4v) is 4.82. The van der Waals surface area contributed by atoms with Gasteiger partial charge in [0.15, 0.2) is 5.69 Å². The molecule has 4 rings (SSSR count). The highest BCUT2D eigenvalue weighted by Gasteiger charge is 2.30. The van der Waals surface area contributed by atoms with Crippen LogP contribution in [0.15, 0.2) is 53.4 Å². The van der Waals surface area contributed by atoms with E-state index in [9.17, 15) is 23.3 Å². The predicted octanol–water partition coefficient (Wildman–Crippen LogP) is 3.46. The van der Waals surface area contributed by atoms with E-state index in [1.807, 2.05) is 6.07 Å². The lowest BCUT2D eigenvalue weighted by Gasteiger charge is -2.15. The Morgan fingerprint density at radius 3 is 2.49 bits per heavy atom. The summed E-state index contributed by atoms with van der Waals surface area (Å²) in [4.78, 5) is 23.1. The number of benzene rings is 2. The van der Waals surface area contributed by atoms with Gasteiger partial charge in [-0.15, -0.1) is 0 Å². The van der Waals surface area contributed by atoms with Crippen molar-refractivity contribution in [2.24, 2.45) is 0 Å². The van der Waals surface area contributed by atoms with Gasteiger partial charge in [0.05, 0.1) is 10.6 Å². The van der Waals surface area contributed by atoms with E-state index < -0.39 is 31.6 Å². The molecule has 1 heterocycles. The zero-order chi connectivity index (χ0) is 25.3. The molecule has 12 heteroatoms. The van der Waals surface area contributed by atoms with E-state index in [0.717, 1.165) is 25.0 Å². The van der Waals surface area contributed by atoms with Gasteiger partial charge in [-0.25, -0.2) is 13.1 Å². The van der Waals surface area contributed by atoms with Gasteiger partial charge in [-0.2, -0.15) is 9.78 Å². The molecule has 1 aliphatic rings. The Hall–Kier alpha value is -3.77. The summed E-state index contributed by atoms with van der Waals surface area (Å²) < 4.78 is 35.9. The maximum absolute atomic E-state index is 13.0. The smallest absolute Gasteiger partial charge is 0.272 e. The zero-order valence-corrected chi connectivity index (χ0v) is 20.2. The standard InChI is InChI=1S/C23H25N5O6S/c1-14(2)26-35(32,33)20-13-18(28(30)31)11-12-19(20)34-23-15(3)21(22(29)24-16-9-10-16)25-27(23)17-7-5-4-6-8-17/h4-8,11-14,16,26H,9-10H2,1-3H3,(H,24,29). The Bertz CT molecular complexity index is 1380. The third-order valence-corrected chi connectivity index (χ3v) is 6.90. The summed E-state index contributed by atoms with van der Waals surface area (Å²) in [6.45, 7) is 4.92. The van der Waals surface area contributed by atoms with Crippen LogP contribution in [0.5, 0.6) is 11.6 Å². The van der Waals surface area contributed by atoms with Gasteiger partial charge in [0.25, 0.3) is 11.6 Å². The number of aromatic nitrogens is 2. The van der Waals surface area contributed by atoms with E-state index in [1.54, 1.807) is 45.0 Å². The fourth-order valence-electron chi connectivity index (χ4n) is 3.42. The molecular weight excluding hydrogens is 474 g/mol. The number of amides is 1. The molecule has 1 aromatic heterocycles. The first-order chi connectivity index (χ1) is 16.6. The third kappa shape index (κ3) is 5.33. The molecule has 1 amide bonds. The number of rotatable bonds is 9. The molecule has 1 saturated carbocycles. The van der Waals surface area contributed by atoms with Crippen molar-refractivity contribution < 1.29 is 22.9 Å². The number of nitro benzene ring substituents is 1. The molecule has 0 radical (unpaired) electrons. The number of nitro groups is 1. The summed E-state index contributed by atoms with van der Waals surface area (Å²) in [6.07, 6.45) is 1.81. The van der Waals surface area contributed by atoms with Crippen LogP contribution in [0.3, 0.4) is 0 Å². The Morgan fingerprint density at radius 1 is 1.20 bits per heavy atom. The third-order valence-electron chi connectivity index (χ3n) is 5.22.